The van der Waals surface area contributed by atoms with E-state index in [2.05, 4.69) is 10.6 Å². The van der Waals surface area contributed by atoms with Crippen molar-refractivity contribution in [2.45, 2.75) is 12.1 Å². The lowest BCUT2D eigenvalue weighted by atomic mass is 10.1. The molecule has 8 heteroatoms. The zero-order valence-electron chi connectivity index (χ0n) is 13.5. The molecule has 0 aliphatic carbocycles. The number of aromatic hydroxyl groups is 2. The maximum Gasteiger partial charge on any atom is 0.330 e. The van der Waals surface area contributed by atoms with Gasteiger partial charge in [0.05, 0.1) is 0 Å². The summed E-state index contributed by atoms with van der Waals surface area (Å²) in [6.07, 6.45) is 2.45. The molecular formula is C18H18N2O6. The summed E-state index contributed by atoms with van der Waals surface area (Å²) in [7, 11) is 0. The first kappa shape index (κ1) is 18.7. The second-order valence-corrected chi connectivity index (χ2v) is 5.33. The van der Waals surface area contributed by atoms with E-state index in [1.165, 1.54) is 36.7 Å². The number of nitrogens with one attached hydrogen (secondary N) is 2. The number of benzene rings is 2. The number of carbonyl (C=O) groups is 2. The van der Waals surface area contributed by atoms with E-state index < -0.39 is 24.0 Å². The second-order valence-electron chi connectivity index (χ2n) is 5.33. The standard InChI is InChI=1S/C18H18N2O6/c21-13-7-3-1-5-11(13)15(17(23)24)19-9-10-20-16(18(25)26)12-6-2-4-8-14(12)22/h1-10,15-16,19-22H,(H,23,24)(H,25,26)/b10-9+. The van der Waals surface area contributed by atoms with Crippen LogP contribution in [0.25, 0.3) is 0 Å². The number of phenols is 2. The minimum atomic E-state index is -1.22. The first-order chi connectivity index (χ1) is 12.4. The van der Waals surface area contributed by atoms with Crippen LogP contribution >= 0.6 is 0 Å². The van der Waals surface area contributed by atoms with E-state index in [1.54, 1.807) is 24.3 Å². The molecule has 0 heterocycles. The Morgan fingerprint density at radius 1 is 0.731 bits per heavy atom. The highest BCUT2D eigenvalue weighted by Crippen LogP contribution is 2.25. The van der Waals surface area contributed by atoms with E-state index in [0.717, 1.165) is 0 Å². The van der Waals surface area contributed by atoms with Gasteiger partial charge in [0, 0.05) is 23.5 Å². The Morgan fingerprint density at radius 2 is 1.08 bits per heavy atom. The van der Waals surface area contributed by atoms with E-state index in [4.69, 9.17) is 0 Å². The van der Waals surface area contributed by atoms with Crippen molar-refractivity contribution in [3.8, 4) is 11.5 Å². The van der Waals surface area contributed by atoms with Crippen molar-refractivity contribution >= 4 is 11.9 Å². The molecule has 0 saturated heterocycles. The predicted octanol–water partition coefficient (Wildman–Crippen LogP) is 1.70. The molecular weight excluding hydrogens is 340 g/mol. The van der Waals surface area contributed by atoms with Gasteiger partial charge in [0.1, 0.15) is 11.5 Å². The topological polar surface area (TPSA) is 139 Å². The summed E-state index contributed by atoms with van der Waals surface area (Å²) in [6, 6.07) is 9.54. The summed E-state index contributed by atoms with van der Waals surface area (Å²) >= 11 is 0. The van der Waals surface area contributed by atoms with Gasteiger partial charge in [0.25, 0.3) is 0 Å². The quantitative estimate of drug-likeness (QED) is 0.419. The van der Waals surface area contributed by atoms with Crippen LogP contribution in [0.1, 0.15) is 23.2 Å². The Morgan fingerprint density at radius 3 is 1.38 bits per heavy atom. The van der Waals surface area contributed by atoms with Gasteiger partial charge in [0.2, 0.25) is 0 Å². The first-order valence-electron chi connectivity index (χ1n) is 7.60. The van der Waals surface area contributed by atoms with Crippen molar-refractivity contribution in [1.82, 2.24) is 10.6 Å². The van der Waals surface area contributed by atoms with Crippen LogP contribution in [-0.2, 0) is 9.59 Å². The van der Waals surface area contributed by atoms with E-state index in [0.29, 0.717) is 0 Å². The number of carboxylic acid groups (broad SMARTS) is 2. The summed E-state index contributed by atoms with van der Waals surface area (Å²) in [5, 5.41) is 43.3. The van der Waals surface area contributed by atoms with E-state index in [1.807, 2.05) is 0 Å². The van der Waals surface area contributed by atoms with Crippen LogP contribution in [0.3, 0.4) is 0 Å². The van der Waals surface area contributed by atoms with Gasteiger partial charge >= 0.3 is 11.9 Å². The molecule has 2 aromatic carbocycles. The minimum absolute atomic E-state index is 0.167. The van der Waals surface area contributed by atoms with E-state index in [-0.39, 0.29) is 22.6 Å². The fourth-order valence-electron chi connectivity index (χ4n) is 2.34. The molecule has 0 aromatic heterocycles. The van der Waals surface area contributed by atoms with Gasteiger partial charge in [-0.25, -0.2) is 9.59 Å². The molecule has 0 radical (unpaired) electrons. The zero-order valence-corrected chi connectivity index (χ0v) is 13.5. The molecule has 0 aliphatic rings. The lowest BCUT2D eigenvalue weighted by molar-refractivity contribution is -0.140. The van der Waals surface area contributed by atoms with Crippen LogP contribution < -0.4 is 10.6 Å². The highest BCUT2D eigenvalue weighted by atomic mass is 16.4. The second kappa shape index (κ2) is 8.43. The SMILES string of the molecule is O=C(O)C(N/C=C/NC(C(=O)O)c1ccccc1O)c1ccccc1O. The summed E-state index contributed by atoms with van der Waals surface area (Å²) in [4.78, 5) is 22.8. The van der Waals surface area contributed by atoms with Crippen molar-refractivity contribution in [2.75, 3.05) is 0 Å². The molecule has 136 valence electrons. The van der Waals surface area contributed by atoms with Crippen molar-refractivity contribution in [1.29, 1.82) is 0 Å². The molecule has 0 fully saturated rings. The van der Waals surface area contributed by atoms with Crippen LogP contribution in [0, 0.1) is 0 Å². The number of hydrogen-bond donors (Lipinski definition) is 6. The summed E-state index contributed by atoms with van der Waals surface area (Å²) < 4.78 is 0. The lowest BCUT2D eigenvalue weighted by Crippen LogP contribution is -2.27. The molecule has 2 atom stereocenters. The largest absolute Gasteiger partial charge is 0.508 e. The fraction of sp³-hybridized carbons (Fsp3) is 0.111. The van der Waals surface area contributed by atoms with Gasteiger partial charge < -0.3 is 31.1 Å². The number of para-hydroxylation sites is 2. The normalized spacial score (nSPS) is 13.1. The number of aliphatic carboxylic acids is 2. The molecule has 6 N–H and O–H groups in total. The van der Waals surface area contributed by atoms with Crippen LogP contribution in [0.15, 0.2) is 60.9 Å². The van der Waals surface area contributed by atoms with Gasteiger partial charge in [-0.1, -0.05) is 36.4 Å². The molecule has 0 bridgehead atoms. The monoisotopic (exact) mass is 358 g/mol. The predicted molar refractivity (Wildman–Crippen MR) is 92.4 cm³/mol. The Bertz CT molecular complexity index is 753. The lowest BCUT2D eigenvalue weighted by Gasteiger charge is -2.16. The molecule has 0 aliphatic heterocycles. The highest BCUT2D eigenvalue weighted by molar-refractivity contribution is 5.77. The number of hydrogen-bond acceptors (Lipinski definition) is 6. The molecule has 0 amide bonds. The Labute approximate surface area is 149 Å². The van der Waals surface area contributed by atoms with Gasteiger partial charge in [-0.2, -0.15) is 0 Å². The highest BCUT2D eigenvalue weighted by Gasteiger charge is 2.22. The number of phenolic OH excluding ortho intramolecular Hbond substituents is 2. The van der Waals surface area contributed by atoms with Crippen LogP contribution in [0.4, 0.5) is 0 Å². The molecule has 0 saturated carbocycles. The van der Waals surface area contributed by atoms with Crippen molar-refractivity contribution in [3.05, 3.63) is 72.1 Å². The number of carboxylic acids is 2. The molecule has 2 unspecified atom stereocenters. The third kappa shape index (κ3) is 4.44. The fourth-order valence-corrected chi connectivity index (χ4v) is 2.34. The van der Waals surface area contributed by atoms with E-state index in [9.17, 15) is 30.0 Å². The third-order valence-corrected chi connectivity index (χ3v) is 3.60. The third-order valence-electron chi connectivity index (χ3n) is 3.60. The molecule has 2 rings (SSSR count). The van der Waals surface area contributed by atoms with Crippen molar-refractivity contribution < 1.29 is 30.0 Å². The Hall–Kier alpha value is -3.68. The van der Waals surface area contributed by atoms with Crippen LogP contribution in [-0.4, -0.2) is 32.4 Å². The maximum atomic E-state index is 11.4. The van der Waals surface area contributed by atoms with Crippen molar-refractivity contribution in [3.63, 3.8) is 0 Å². The first-order valence-corrected chi connectivity index (χ1v) is 7.60. The van der Waals surface area contributed by atoms with Crippen molar-refractivity contribution in [2.24, 2.45) is 0 Å². The minimum Gasteiger partial charge on any atom is -0.508 e. The average Bonchev–Trinajstić information content (AvgIpc) is 2.59. The Balaban J connectivity index is 2.10. The molecule has 0 spiro atoms. The molecule has 2 aromatic rings. The summed E-state index contributed by atoms with van der Waals surface area (Å²) in [6.45, 7) is 0. The van der Waals surface area contributed by atoms with Gasteiger partial charge in [-0.05, 0) is 12.1 Å². The zero-order chi connectivity index (χ0) is 19.1. The van der Waals surface area contributed by atoms with Gasteiger partial charge in [0.15, 0.2) is 12.1 Å². The van der Waals surface area contributed by atoms with Crippen LogP contribution in [0.5, 0.6) is 11.5 Å². The van der Waals surface area contributed by atoms with E-state index >= 15 is 0 Å². The average molecular weight is 358 g/mol. The molecule has 8 nitrogen and oxygen atoms in total. The molecule has 26 heavy (non-hydrogen) atoms. The van der Waals surface area contributed by atoms with Crippen LogP contribution in [0.2, 0.25) is 0 Å². The number of rotatable bonds is 8. The smallest absolute Gasteiger partial charge is 0.330 e. The summed E-state index contributed by atoms with van der Waals surface area (Å²) in [5.41, 5.74) is 0.334. The van der Waals surface area contributed by atoms with Gasteiger partial charge in [-0.15, -0.1) is 0 Å². The Kier molecular flexibility index (Phi) is 6.05. The summed E-state index contributed by atoms with van der Waals surface area (Å²) in [5.74, 6) is -2.78. The van der Waals surface area contributed by atoms with Gasteiger partial charge in [-0.3, -0.25) is 0 Å². The maximum absolute atomic E-state index is 11.4.